The highest BCUT2D eigenvalue weighted by Crippen LogP contribution is 2.30. The van der Waals surface area contributed by atoms with Crippen LogP contribution < -0.4 is 11.1 Å². The molecule has 3 N–H and O–H groups in total. The molecule has 1 aliphatic carbocycles. The number of fused-ring (bicyclic) bond motifs is 1. The summed E-state index contributed by atoms with van der Waals surface area (Å²) in [6.45, 7) is 0.813. The van der Waals surface area contributed by atoms with Gasteiger partial charge in [-0.2, -0.15) is 0 Å². The molecule has 0 saturated heterocycles. The fourth-order valence-electron chi connectivity index (χ4n) is 2.33. The Kier molecular flexibility index (Phi) is 2.48. The summed E-state index contributed by atoms with van der Waals surface area (Å²) in [5, 5.41) is 5.77. The van der Waals surface area contributed by atoms with Crippen molar-refractivity contribution in [3.63, 3.8) is 0 Å². The highest BCUT2D eigenvalue weighted by molar-refractivity contribution is 5.91. The van der Waals surface area contributed by atoms with E-state index in [1.165, 1.54) is 11.8 Å². The summed E-state index contributed by atoms with van der Waals surface area (Å²) >= 11 is 0. The first-order valence-electron chi connectivity index (χ1n) is 6.13. The normalized spacial score (nSPS) is 17.7. The number of nitrogens with two attached hydrogens (primary N) is 1. The third kappa shape index (κ3) is 1.98. The van der Waals surface area contributed by atoms with Gasteiger partial charge in [0, 0.05) is 23.7 Å². The lowest BCUT2D eigenvalue weighted by molar-refractivity contribution is 0.265. The SMILES string of the molecule is NC1(CNc2nccc3ccccc23)CCC1. The van der Waals surface area contributed by atoms with Gasteiger partial charge in [0.2, 0.25) is 0 Å². The Morgan fingerprint density at radius 1 is 1.24 bits per heavy atom. The lowest BCUT2D eigenvalue weighted by Gasteiger charge is -2.38. The van der Waals surface area contributed by atoms with Crippen molar-refractivity contribution < 1.29 is 0 Å². The Bertz CT molecular complexity index is 526. The molecule has 1 heterocycles. The van der Waals surface area contributed by atoms with Crippen LogP contribution in [0.1, 0.15) is 19.3 Å². The second-order valence-electron chi connectivity index (χ2n) is 4.95. The van der Waals surface area contributed by atoms with E-state index in [2.05, 4.69) is 22.4 Å². The number of hydrogen-bond acceptors (Lipinski definition) is 3. The topological polar surface area (TPSA) is 50.9 Å². The first-order valence-corrected chi connectivity index (χ1v) is 6.13. The van der Waals surface area contributed by atoms with Crippen LogP contribution in [-0.2, 0) is 0 Å². The second kappa shape index (κ2) is 4.00. The average Bonchev–Trinajstić information content (AvgIpc) is 2.34. The van der Waals surface area contributed by atoms with Crippen LogP contribution in [0.15, 0.2) is 36.5 Å². The van der Waals surface area contributed by atoms with E-state index in [1.54, 1.807) is 0 Å². The van der Waals surface area contributed by atoms with E-state index < -0.39 is 0 Å². The van der Waals surface area contributed by atoms with Crippen LogP contribution in [-0.4, -0.2) is 17.1 Å². The van der Waals surface area contributed by atoms with Crippen LogP contribution in [0, 0.1) is 0 Å². The van der Waals surface area contributed by atoms with E-state index in [0.717, 1.165) is 30.6 Å². The fraction of sp³-hybridized carbons (Fsp3) is 0.357. The summed E-state index contributed by atoms with van der Waals surface area (Å²) in [7, 11) is 0. The molecular formula is C14H17N3. The highest BCUT2D eigenvalue weighted by Gasteiger charge is 2.32. The number of nitrogens with one attached hydrogen (secondary N) is 1. The Hall–Kier alpha value is -1.61. The summed E-state index contributed by atoms with van der Waals surface area (Å²) in [5.41, 5.74) is 6.19. The van der Waals surface area contributed by atoms with Gasteiger partial charge in [0.1, 0.15) is 5.82 Å². The lowest BCUT2D eigenvalue weighted by Crippen LogP contribution is -2.52. The third-order valence-corrected chi connectivity index (χ3v) is 3.63. The van der Waals surface area contributed by atoms with Crippen molar-refractivity contribution in [3.8, 4) is 0 Å². The van der Waals surface area contributed by atoms with Crippen LogP contribution in [0.25, 0.3) is 10.8 Å². The molecule has 0 radical (unpaired) electrons. The van der Waals surface area contributed by atoms with Gasteiger partial charge in [-0.25, -0.2) is 4.98 Å². The fourth-order valence-corrected chi connectivity index (χ4v) is 2.33. The zero-order chi connectivity index (χ0) is 11.7. The van der Waals surface area contributed by atoms with Crippen molar-refractivity contribution in [2.24, 2.45) is 5.73 Å². The van der Waals surface area contributed by atoms with Crippen molar-refractivity contribution in [2.45, 2.75) is 24.8 Å². The van der Waals surface area contributed by atoms with Crippen molar-refractivity contribution >= 4 is 16.6 Å². The number of benzene rings is 1. The molecular weight excluding hydrogens is 210 g/mol. The maximum absolute atomic E-state index is 6.20. The molecule has 1 aromatic heterocycles. The molecule has 1 aliphatic rings. The maximum Gasteiger partial charge on any atom is 0.133 e. The number of pyridine rings is 1. The van der Waals surface area contributed by atoms with Crippen LogP contribution in [0.3, 0.4) is 0 Å². The van der Waals surface area contributed by atoms with Crippen LogP contribution in [0.2, 0.25) is 0 Å². The average molecular weight is 227 g/mol. The minimum atomic E-state index is -0.0153. The number of anilines is 1. The smallest absolute Gasteiger partial charge is 0.133 e. The van der Waals surface area contributed by atoms with Crippen molar-refractivity contribution in [1.82, 2.24) is 4.98 Å². The van der Waals surface area contributed by atoms with Gasteiger partial charge >= 0.3 is 0 Å². The van der Waals surface area contributed by atoms with E-state index >= 15 is 0 Å². The van der Waals surface area contributed by atoms with E-state index in [4.69, 9.17) is 5.73 Å². The third-order valence-electron chi connectivity index (χ3n) is 3.63. The largest absolute Gasteiger partial charge is 0.368 e. The summed E-state index contributed by atoms with van der Waals surface area (Å²) in [6.07, 6.45) is 5.32. The molecule has 0 spiro atoms. The van der Waals surface area contributed by atoms with Gasteiger partial charge in [-0.1, -0.05) is 24.3 Å². The monoisotopic (exact) mass is 227 g/mol. The van der Waals surface area contributed by atoms with Gasteiger partial charge in [-0.3, -0.25) is 0 Å². The Labute approximate surface area is 101 Å². The molecule has 1 fully saturated rings. The zero-order valence-corrected chi connectivity index (χ0v) is 9.82. The Morgan fingerprint density at radius 3 is 2.82 bits per heavy atom. The summed E-state index contributed by atoms with van der Waals surface area (Å²) in [6, 6.07) is 10.3. The van der Waals surface area contributed by atoms with Gasteiger partial charge in [-0.05, 0) is 30.7 Å². The Balaban J connectivity index is 1.85. The standard InChI is InChI=1S/C14H17N3/c15-14(7-3-8-14)10-17-13-12-5-2-1-4-11(12)6-9-16-13/h1-2,4-6,9H,3,7-8,10,15H2,(H,16,17). The number of hydrogen-bond donors (Lipinski definition) is 2. The minimum Gasteiger partial charge on any atom is -0.368 e. The summed E-state index contributed by atoms with van der Waals surface area (Å²) in [5.74, 6) is 0.944. The zero-order valence-electron chi connectivity index (χ0n) is 9.82. The quantitative estimate of drug-likeness (QED) is 0.847. The molecule has 1 aromatic carbocycles. The molecule has 17 heavy (non-hydrogen) atoms. The summed E-state index contributed by atoms with van der Waals surface area (Å²) in [4.78, 5) is 4.40. The van der Waals surface area contributed by atoms with E-state index in [-0.39, 0.29) is 5.54 Å². The lowest BCUT2D eigenvalue weighted by atomic mass is 9.78. The number of aromatic nitrogens is 1. The summed E-state index contributed by atoms with van der Waals surface area (Å²) < 4.78 is 0. The van der Waals surface area contributed by atoms with Crippen LogP contribution in [0.5, 0.6) is 0 Å². The first kappa shape index (κ1) is 10.5. The highest BCUT2D eigenvalue weighted by atomic mass is 15.0. The van der Waals surface area contributed by atoms with E-state index in [0.29, 0.717) is 0 Å². The van der Waals surface area contributed by atoms with Gasteiger partial charge in [0.05, 0.1) is 0 Å². The predicted octanol–water partition coefficient (Wildman–Crippen LogP) is 2.53. The van der Waals surface area contributed by atoms with Gasteiger partial charge in [0.25, 0.3) is 0 Å². The molecule has 2 aromatic rings. The molecule has 3 nitrogen and oxygen atoms in total. The van der Waals surface area contributed by atoms with E-state index in [9.17, 15) is 0 Å². The van der Waals surface area contributed by atoms with Crippen molar-refractivity contribution in [1.29, 1.82) is 0 Å². The van der Waals surface area contributed by atoms with Crippen molar-refractivity contribution in [2.75, 3.05) is 11.9 Å². The molecule has 88 valence electrons. The molecule has 0 atom stereocenters. The number of nitrogens with zero attached hydrogens (tertiary/aromatic N) is 1. The first-order chi connectivity index (χ1) is 8.27. The second-order valence-corrected chi connectivity index (χ2v) is 4.95. The molecule has 3 heteroatoms. The van der Waals surface area contributed by atoms with Crippen LogP contribution >= 0.6 is 0 Å². The molecule has 0 amide bonds. The van der Waals surface area contributed by atoms with Gasteiger partial charge < -0.3 is 11.1 Å². The van der Waals surface area contributed by atoms with E-state index in [1.807, 2.05) is 24.4 Å². The van der Waals surface area contributed by atoms with Crippen LogP contribution in [0.4, 0.5) is 5.82 Å². The minimum absolute atomic E-state index is 0.0153. The van der Waals surface area contributed by atoms with Gasteiger partial charge in [-0.15, -0.1) is 0 Å². The van der Waals surface area contributed by atoms with Gasteiger partial charge in [0.15, 0.2) is 0 Å². The molecule has 3 rings (SSSR count). The number of rotatable bonds is 3. The van der Waals surface area contributed by atoms with Crippen molar-refractivity contribution in [3.05, 3.63) is 36.5 Å². The Morgan fingerprint density at radius 2 is 2.06 bits per heavy atom. The molecule has 0 aliphatic heterocycles. The molecule has 0 bridgehead atoms. The molecule has 1 saturated carbocycles. The maximum atomic E-state index is 6.20. The molecule has 0 unspecified atom stereocenters. The predicted molar refractivity (Wildman–Crippen MR) is 71.0 cm³/mol.